The topological polar surface area (TPSA) is 32.3 Å². The molecule has 0 radical (unpaired) electrons. The molecule has 0 bridgehead atoms. The monoisotopic (exact) mass is 336 g/mol. The molecule has 0 heterocycles. The Kier molecular flexibility index (Phi) is 6.49. The Morgan fingerprint density at radius 1 is 1.26 bits per heavy atom. The minimum absolute atomic E-state index is 0.118. The predicted octanol–water partition coefficient (Wildman–Crippen LogP) is 4.42. The standard InChI is InChI=1S/C19H29ClN2O/c1-4-22(5-2)17(15-10-6-7-11-16(15)20)14-21-18(23)19(3)12-8-9-13-19/h6-7,10-11,17H,4-5,8-9,12-14H2,1-3H3,(H,21,23). The van der Waals surface area contributed by atoms with Gasteiger partial charge in [-0.3, -0.25) is 9.69 Å². The Hall–Kier alpha value is -1.06. The molecule has 0 aromatic heterocycles. The zero-order valence-electron chi connectivity index (χ0n) is 14.6. The second-order valence-corrected chi connectivity index (χ2v) is 7.14. The Labute approximate surface area is 145 Å². The van der Waals surface area contributed by atoms with Crippen LogP contribution >= 0.6 is 11.6 Å². The van der Waals surface area contributed by atoms with Crippen molar-refractivity contribution in [3.8, 4) is 0 Å². The van der Waals surface area contributed by atoms with E-state index in [0.29, 0.717) is 6.54 Å². The van der Waals surface area contributed by atoms with Crippen LogP contribution in [0.1, 0.15) is 58.1 Å². The fourth-order valence-corrected chi connectivity index (χ4v) is 3.89. The van der Waals surface area contributed by atoms with E-state index < -0.39 is 0 Å². The van der Waals surface area contributed by atoms with Crippen molar-refractivity contribution in [2.24, 2.45) is 5.41 Å². The lowest BCUT2D eigenvalue weighted by atomic mass is 9.87. The molecule has 0 saturated heterocycles. The number of rotatable bonds is 7. The highest BCUT2D eigenvalue weighted by Gasteiger charge is 2.36. The van der Waals surface area contributed by atoms with Crippen molar-refractivity contribution in [2.45, 2.75) is 52.5 Å². The van der Waals surface area contributed by atoms with Crippen molar-refractivity contribution in [1.29, 1.82) is 0 Å². The molecule has 1 fully saturated rings. The molecule has 4 heteroatoms. The molecule has 23 heavy (non-hydrogen) atoms. The third-order valence-electron chi connectivity index (χ3n) is 5.23. The van der Waals surface area contributed by atoms with E-state index in [1.165, 1.54) is 0 Å². The molecule has 1 aliphatic rings. The van der Waals surface area contributed by atoms with E-state index in [-0.39, 0.29) is 17.4 Å². The first-order valence-electron chi connectivity index (χ1n) is 8.78. The lowest BCUT2D eigenvalue weighted by Gasteiger charge is -2.32. The first-order valence-corrected chi connectivity index (χ1v) is 9.16. The highest BCUT2D eigenvalue weighted by molar-refractivity contribution is 6.31. The molecule has 1 aliphatic carbocycles. The highest BCUT2D eigenvalue weighted by atomic mass is 35.5. The second-order valence-electron chi connectivity index (χ2n) is 6.74. The molecule has 1 unspecified atom stereocenters. The van der Waals surface area contributed by atoms with Gasteiger partial charge in [-0.2, -0.15) is 0 Å². The van der Waals surface area contributed by atoms with Crippen molar-refractivity contribution >= 4 is 17.5 Å². The molecule has 1 aromatic rings. The number of amides is 1. The molecule has 0 spiro atoms. The normalized spacial score (nSPS) is 18.1. The van der Waals surface area contributed by atoms with Gasteiger partial charge in [0.25, 0.3) is 0 Å². The average molecular weight is 337 g/mol. The van der Waals surface area contributed by atoms with Gasteiger partial charge in [0.05, 0.1) is 6.04 Å². The summed E-state index contributed by atoms with van der Waals surface area (Å²) in [6, 6.07) is 8.07. The number of hydrogen-bond donors (Lipinski definition) is 1. The number of nitrogens with one attached hydrogen (secondary N) is 1. The number of nitrogens with zero attached hydrogens (tertiary/aromatic N) is 1. The van der Waals surface area contributed by atoms with E-state index >= 15 is 0 Å². The first kappa shape index (κ1) is 18.3. The van der Waals surface area contributed by atoms with Gasteiger partial charge in [-0.05, 0) is 37.6 Å². The highest BCUT2D eigenvalue weighted by Crippen LogP contribution is 2.37. The van der Waals surface area contributed by atoms with Crippen LogP contribution in [0.5, 0.6) is 0 Å². The summed E-state index contributed by atoms with van der Waals surface area (Å²) >= 11 is 6.41. The van der Waals surface area contributed by atoms with Crippen LogP contribution in [0.4, 0.5) is 0 Å². The van der Waals surface area contributed by atoms with Crippen LogP contribution in [0.3, 0.4) is 0 Å². The molecular weight excluding hydrogens is 308 g/mol. The minimum Gasteiger partial charge on any atom is -0.354 e. The number of carbonyl (C=O) groups is 1. The van der Waals surface area contributed by atoms with Gasteiger partial charge >= 0.3 is 0 Å². The smallest absolute Gasteiger partial charge is 0.226 e. The fourth-order valence-electron chi connectivity index (χ4n) is 3.63. The molecule has 3 nitrogen and oxygen atoms in total. The van der Waals surface area contributed by atoms with Gasteiger partial charge in [-0.25, -0.2) is 0 Å². The molecule has 1 N–H and O–H groups in total. The van der Waals surface area contributed by atoms with Crippen LogP contribution in [-0.2, 0) is 4.79 Å². The summed E-state index contributed by atoms with van der Waals surface area (Å²) in [5.74, 6) is 0.194. The van der Waals surface area contributed by atoms with Crippen molar-refractivity contribution in [3.63, 3.8) is 0 Å². The molecule has 1 amide bonds. The van der Waals surface area contributed by atoms with Crippen LogP contribution in [0.15, 0.2) is 24.3 Å². The molecule has 1 aromatic carbocycles. The molecular formula is C19H29ClN2O. The van der Waals surface area contributed by atoms with Crippen LogP contribution in [0.25, 0.3) is 0 Å². The summed E-state index contributed by atoms with van der Waals surface area (Å²) in [5, 5.41) is 3.97. The number of halogens is 1. The lowest BCUT2D eigenvalue weighted by Crippen LogP contribution is -2.43. The quantitative estimate of drug-likeness (QED) is 0.799. The van der Waals surface area contributed by atoms with Gasteiger partial charge < -0.3 is 5.32 Å². The van der Waals surface area contributed by atoms with E-state index in [9.17, 15) is 4.79 Å². The van der Waals surface area contributed by atoms with Crippen molar-refractivity contribution in [1.82, 2.24) is 10.2 Å². The summed E-state index contributed by atoms with van der Waals surface area (Å²) in [5.41, 5.74) is 0.906. The predicted molar refractivity (Wildman–Crippen MR) is 96.7 cm³/mol. The number of benzene rings is 1. The van der Waals surface area contributed by atoms with Gasteiger partial charge in [0.1, 0.15) is 0 Å². The summed E-state index contributed by atoms with van der Waals surface area (Å²) in [6.45, 7) is 8.86. The van der Waals surface area contributed by atoms with Crippen LogP contribution < -0.4 is 5.32 Å². The Balaban J connectivity index is 2.12. The van der Waals surface area contributed by atoms with Crippen LogP contribution in [0.2, 0.25) is 5.02 Å². The minimum atomic E-state index is -0.186. The third kappa shape index (κ3) is 4.27. The van der Waals surface area contributed by atoms with Gasteiger partial charge in [0, 0.05) is 17.0 Å². The third-order valence-corrected chi connectivity index (χ3v) is 5.57. The first-order chi connectivity index (χ1) is 11.0. The molecule has 1 saturated carbocycles. The lowest BCUT2D eigenvalue weighted by molar-refractivity contribution is -0.130. The number of likely N-dealkylation sites (N-methyl/N-ethyl adjacent to an activating group) is 1. The number of hydrogen-bond acceptors (Lipinski definition) is 2. The zero-order valence-corrected chi connectivity index (χ0v) is 15.3. The van der Waals surface area contributed by atoms with Gasteiger partial charge in [-0.15, -0.1) is 0 Å². The van der Waals surface area contributed by atoms with E-state index in [1.54, 1.807) is 0 Å². The summed E-state index contributed by atoms with van der Waals surface area (Å²) < 4.78 is 0. The largest absolute Gasteiger partial charge is 0.354 e. The SMILES string of the molecule is CCN(CC)C(CNC(=O)C1(C)CCCC1)c1ccccc1Cl. The Bertz CT molecular complexity index is 522. The molecule has 2 rings (SSSR count). The van der Waals surface area contributed by atoms with Crippen molar-refractivity contribution in [2.75, 3.05) is 19.6 Å². The number of carbonyl (C=O) groups excluding carboxylic acids is 1. The van der Waals surface area contributed by atoms with Crippen LogP contribution in [0, 0.1) is 5.41 Å². The zero-order chi connectivity index (χ0) is 16.9. The Morgan fingerprint density at radius 3 is 2.43 bits per heavy atom. The van der Waals surface area contributed by atoms with E-state index in [2.05, 4.69) is 37.1 Å². The average Bonchev–Trinajstić information content (AvgIpc) is 3.00. The van der Waals surface area contributed by atoms with Crippen LogP contribution in [-0.4, -0.2) is 30.4 Å². The van der Waals surface area contributed by atoms with Gasteiger partial charge in [-0.1, -0.05) is 63.4 Å². The molecule has 0 aliphatic heterocycles. The van der Waals surface area contributed by atoms with Gasteiger partial charge in [0.15, 0.2) is 0 Å². The van der Waals surface area contributed by atoms with E-state index in [4.69, 9.17) is 11.6 Å². The van der Waals surface area contributed by atoms with Crippen molar-refractivity contribution in [3.05, 3.63) is 34.9 Å². The summed E-state index contributed by atoms with van der Waals surface area (Å²) in [4.78, 5) is 15.0. The fraction of sp³-hybridized carbons (Fsp3) is 0.632. The van der Waals surface area contributed by atoms with Crippen molar-refractivity contribution < 1.29 is 4.79 Å². The maximum absolute atomic E-state index is 12.6. The molecule has 1 atom stereocenters. The maximum Gasteiger partial charge on any atom is 0.226 e. The van der Waals surface area contributed by atoms with E-state index in [1.807, 2.05) is 18.2 Å². The molecule has 128 valence electrons. The maximum atomic E-state index is 12.6. The summed E-state index contributed by atoms with van der Waals surface area (Å²) in [6.07, 6.45) is 4.32. The van der Waals surface area contributed by atoms with Gasteiger partial charge in [0.2, 0.25) is 5.91 Å². The Morgan fingerprint density at radius 2 is 1.87 bits per heavy atom. The summed E-state index contributed by atoms with van der Waals surface area (Å²) in [7, 11) is 0. The second kappa shape index (κ2) is 8.16. The van der Waals surface area contributed by atoms with E-state index in [0.717, 1.165) is 49.4 Å².